The highest BCUT2D eigenvalue weighted by atomic mass is 32.1. The molecular weight excluding hydrogens is 555 g/mol. The second-order valence-electron chi connectivity index (χ2n) is 11.9. The third-order valence-corrected chi connectivity index (χ3v) is 7.82. The van der Waals surface area contributed by atoms with Crippen molar-refractivity contribution in [3.05, 3.63) is 64.5 Å². The number of benzene rings is 2. The summed E-state index contributed by atoms with van der Waals surface area (Å²) in [4.78, 5) is 12.6. The topological polar surface area (TPSA) is 66.0 Å². The number of ether oxygens (including phenoxy) is 4. The molecule has 41 heavy (non-hydrogen) atoms. The Labute approximate surface area is 243 Å². The van der Waals surface area contributed by atoms with Gasteiger partial charge in [0.15, 0.2) is 5.79 Å². The first-order valence-corrected chi connectivity index (χ1v) is 14.6. The number of halogens is 3. The summed E-state index contributed by atoms with van der Waals surface area (Å²) >= 11 is 1.66. The molecule has 224 valence electrons. The standard InChI is InChI=1S/C31H38F3NO5S/c1-28(2,3)40-27(36)35-30(19-38-29(4,5)39-20-30)15-14-21-12-13-25(24(17-21)31(32,33)34)37-16-8-9-22-18-41-26-11-7-6-10-23(22)26/h6-7,10-13,17-18H,8-9,14-16,19-20H2,1-5H3,(H,35,36). The summed E-state index contributed by atoms with van der Waals surface area (Å²) in [5, 5.41) is 6.12. The van der Waals surface area contributed by atoms with E-state index in [0.29, 0.717) is 12.0 Å². The summed E-state index contributed by atoms with van der Waals surface area (Å²) in [6.45, 7) is 9.22. The lowest BCUT2D eigenvalue weighted by Crippen LogP contribution is -2.61. The predicted molar refractivity (Wildman–Crippen MR) is 153 cm³/mol. The van der Waals surface area contributed by atoms with E-state index in [1.165, 1.54) is 21.7 Å². The first kappa shape index (κ1) is 31.1. The van der Waals surface area contributed by atoms with E-state index in [1.807, 2.05) is 12.1 Å². The minimum absolute atomic E-state index is 0.131. The number of fused-ring (bicyclic) bond motifs is 1. The van der Waals surface area contributed by atoms with Crippen molar-refractivity contribution in [3.8, 4) is 5.75 Å². The van der Waals surface area contributed by atoms with E-state index in [-0.39, 0.29) is 38.4 Å². The first-order chi connectivity index (χ1) is 19.1. The van der Waals surface area contributed by atoms with Crippen LogP contribution in [0.15, 0.2) is 47.8 Å². The molecule has 1 aliphatic heterocycles. The second kappa shape index (κ2) is 12.2. The van der Waals surface area contributed by atoms with E-state index in [1.54, 1.807) is 52.0 Å². The number of amides is 1. The van der Waals surface area contributed by atoms with Gasteiger partial charge >= 0.3 is 12.3 Å². The van der Waals surface area contributed by atoms with E-state index < -0.39 is 34.8 Å². The van der Waals surface area contributed by atoms with Crippen LogP contribution in [-0.4, -0.2) is 42.8 Å². The molecule has 0 spiro atoms. The van der Waals surface area contributed by atoms with Gasteiger partial charge in [0, 0.05) is 4.70 Å². The van der Waals surface area contributed by atoms with Gasteiger partial charge in [0.25, 0.3) is 0 Å². The highest BCUT2D eigenvalue weighted by molar-refractivity contribution is 7.17. The fourth-order valence-corrected chi connectivity index (χ4v) is 5.64. The van der Waals surface area contributed by atoms with Crippen molar-refractivity contribution in [2.24, 2.45) is 0 Å². The molecule has 2 aromatic carbocycles. The quantitative estimate of drug-likeness (QED) is 0.256. The lowest BCUT2D eigenvalue weighted by atomic mass is 9.91. The van der Waals surface area contributed by atoms with Gasteiger partial charge in [-0.15, -0.1) is 11.3 Å². The molecule has 4 rings (SSSR count). The summed E-state index contributed by atoms with van der Waals surface area (Å²) in [7, 11) is 0. The number of carbonyl (C=O) groups is 1. The number of hydrogen-bond donors (Lipinski definition) is 1. The largest absolute Gasteiger partial charge is 0.493 e. The number of hydrogen-bond acceptors (Lipinski definition) is 6. The Morgan fingerprint density at radius 2 is 1.76 bits per heavy atom. The third-order valence-electron chi connectivity index (χ3n) is 6.81. The lowest BCUT2D eigenvalue weighted by molar-refractivity contribution is -0.271. The molecule has 10 heteroatoms. The number of alkyl carbamates (subject to hydrolysis) is 1. The van der Waals surface area contributed by atoms with Crippen LogP contribution in [0.1, 0.15) is 64.2 Å². The number of rotatable bonds is 9. The van der Waals surface area contributed by atoms with Crippen LogP contribution in [-0.2, 0) is 33.2 Å². The van der Waals surface area contributed by atoms with Crippen molar-refractivity contribution in [1.82, 2.24) is 5.32 Å². The van der Waals surface area contributed by atoms with Gasteiger partial charge in [-0.2, -0.15) is 13.2 Å². The molecular formula is C31H38F3NO5S. The molecule has 6 nitrogen and oxygen atoms in total. The highest BCUT2D eigenvalue weighted by Gasteiger charge is 2.42. The van der Waals surface area contributed by atoms with Crippen molar-refractivity contribution < 1.29 is 36.9 Å². The molecule has 0 unspecified atom stereocenters. The number of thiophene rings is 1. The Bertz CT molecular complexity index is 1340. The summed E-state index contributed by atoms with van der Waals surface area (Å²) in [5.41, 5.74) is -0.854. The van der Waals surface area contributed by atoms with Crippen LogP contribution < -0.4 is 10.1 Å². The van der Waals surface area contributed by atoms with Crippen molar-refractivity contribution in [2.75, 3.05) is 19.8 Å². The molecule has 1 N–H and O–H groups in total. The van der Waals surface area contributed by atoms with Crippen LogP contribution >= 0.6 is 11.3 Å². The highest BCUT2D eigenvalue weighted by Crippen LogP contribution is 2.38. The maximum atomic E-state index is 14.0. The fraction of sp³-hybridized carbons (Fsp3) is 0.516. The molecule has 1 aromatic heterocycles. The minimum atomic E-state index is -4.58. The molecule has 3 aromatic rings. The van der Waals surface area contributed by atoms with Gasteiger partial charge in [-0.1, -0.05) is 24.3 Å². The Kier molecular flexibility index (Phi) is 9.26. The summed E-state index contributed by atoms with van der Waals surface area (Å²) in [6, 6.07) is 12.2. The number of nitrogens with one attached hydrogen (secondary N) is 1. The van der Waals surface area contributed by atoms with E-state index in [0.717, 1.165) is 12.5 Å². The molecule has 0 bridgehead atoms. The molecule has 0 aliphatic carbocycles. The smallest absolute Gasteiger partial charge is 0.419 e. The number of aryl methyl sites for hydroxylation is 2. The van der Waals surface area contributed by atoms with Gasteiger partial charge in [-0.05, 0) is 100 Å². The first-order valence-electron chi connectivity index (χ1n) is 13.7. The lowest BCUT2D eigenvalue weighted by Gasteiger charge is -2.44. The van der Waals surface area contributed by atoms with Crippen LogP contribution in [0.4, 0.5) is 18.0 Å². The molecule has 1 aliphatic rings. The molecule has 1 saturated heterocycles. The zero-order chi connectivity index (χ0) is 29.9. The van der Waals surface area contributed by atoms with Crippen LogP contribution in [0.5, 0.6) is 5.75 Å². The summed E-state index contributed by atoms with van der Waals surface area (Å²) in [6.07, 6.45) is -3.37. The van der Waals surface area contributed by atoms with E-state index in [9.17, 15) is 18.0 Å². The van der Waals surface area contributed by atoms with Gasteiger partial charge < -0.3 is 24.3 Å². The maximum Gasteiger partial charge on any atom is 0.419 e. The Morgan fingerprint density at radius 1 is 1.05 bits per heavy atom. The Morgan fingerprint density at radius 3 is 2.44 bits per heavy atom. The Hall–Kier alpha value is -2.82. The molecule has 0 radical (unpaired) electrons. The monoisotopic (exact) mass is 593 g/mol. The zero-order valence-electron chi connectivity index (χ0n) is 24.2. The summed E-state index contributed by atoms with van der Waals surface area (Å²) < 4.78 is 65.9. The average molecular weight is 594 g/mol. The van der Waals surface area contributed by atoms with Crippen molar-refractivity contribution in [3.63, 3.8) is 0 Å². The van der Waals surface area contributed by atoms with Crippen LogP contribution in [0.3, 0.4) is 0 Å². The number of carbonyl (C=O) groups excluding carboxylic acids is 1. The number of alkyl halides is 3. The molecule has 2 heterocycles. The van der Waals surface area contributed by atoms with Crippen LogP contribution in [0, 0.1) is 0 Å². The molecule has 0 atom stereocenters. The fourth-order valence-electron chi connectivity index (χ4n) is 4.64. The van der Waals surface area contributed by atoms with Crippen LogP contribution in [0.25, 0.3) is 10.1 Å². The molecule has 1 amide bonds. The van der Waals surface area contributed by atoms with Gasteiger partial charge in [0.05, 0.1) is 30.9 Å². The van der Waals surface area contributed by atoms with Gasteiger partial charge in [-0.3, -0.25) is 0 Å². The van der Waals surface area contributed by atoms with E-state index in [2.05, 4.69) is 22.8 Å². The van der Waals surface area contributed by atoms with Crippen molar-refractivity contribution in [1.29, 1.82) is 0 Å². The predicted octanol–water partition coefficient (Wildman–Crippen LogP) is 7.91. The zero-order valence-corrected chi connectivity index (χ0v) is 25.0. The van der Waals surface area contributed by atoms with E-state index in [4.69, 9.17) is 18.9 Å². The molecule has 0 saturated carbocycles. The third kappa shape index (κ3) is 8.59. The van der Waals surface area contributed by atoms with Gasteiger partial charge in [-0.25, -0.2) is 4.79 Å². The minimum Gasteiger partial charge on any atom is -0.493 e. The summed E-state index contributed by atoms with van der Waals surface area (Å²) in [5.74, 6) is -1.03. The Balaban J connectivity index is 1.42. The van der Waals surface area contributed by atoms with Gasteiger partial charge in [0.1, 0.15) is 11.4 Å². The molecule has 1 fully saturated rings. The maximum absolute atomic E-state index is 14.0. The van der Waals surface area contributed by atoms with Crippen molar-refractivity contribution in [2.45, 2.75) is 83.4 Å². The normalized spacial score (nSPS) is 16.9. The van der Waals surface area contributed by atoms with E-state index >= 15 is 0 Å². The SMILES string of the molecule is CC(C)(C)OC(=O)NC1(CCc2ccc(OCCCc3csc4ccccc34)c(C(F)(F)F)c2)COC(C)(C)OC1. The van der Waals surface area contributed by atoms with Crippen LogP contribution in [0.2, 0.25) is 0 Å². The van der Waals surface area contributed by atoms with Crippen molar-refractivity contribution >= 4 is 27.5 Å². The second-order valence-corrected chi connectivity index (χ2v) is 12.8. The average Bonchev–Trinajstić information content (AvgIpc) is 3.29. The van der Waals surface area contributed by atoms with Gasteiger partial charge in [0.2, 0.25) is 0 Å².